The highest BCUT2D eigenvalue weighted by molar-refractivity contribution is 5.94. The van der Waals surface area contributed by atoms with Crippen molar-refractivity contribution in [1.29, 1.82) is 0 Å². The zero-order chi connectivity index (χ0) is 15.2. The maximum absolute atomic E-state index is 12.3. The van der Waals surface area contributed by atoms with Gasteiger partial charge in [-0.15, -0.1) is 0 Å². The van der Waals surface area contributed by atoms with E-state index in [2.05, 4.69) is 4.98 Å². The molecule has 1 aromatic rings. The number of carbonyl (C=O) groups excluding carboxylic acids is 3. The van der Waals surface area contributed by atoms with Crippen LogP contribution < -0.4 is 0 Å². The third-order valence-electron chi connectivity index (χ3n) is 3.20. The van der Waals surface area contributed by atoms with Gasteiger partial charge in [-0.3, -0.25) is 9.59 Å². The number of amides is 2. The van der Waals surface area contributed by atoms with Gasteiger partial charge in [0, 0.05) is 26.2 Å². The summed E-state index contributed by atoms with van der Waals surface area (Å²) in [6.07, 6.45) is 0.779. The summed E-state index contributed by atoms with van der Waals surface area (Å²) in [5.74, 6) is -0.787. The van der Waals surface area contributed by atoms with Gasteiger partial charge in [0.2, 0.25) is 6.41 Å². The van der Waals surface area contributed by atoms with Crippen LogP contribution in [-0.2, 0) is 9.53 Å². The number of pyridine rings is 1. The van der Waals surface area contributed by atoms with Gasteiger partial charge in [0.1, 0.15) is 11.4 Å². The highest BCUT2D eigenvalue weighted by atomic mass is 16.5. The second-order valence-electron chi connectivity index (χ2n) is 4.56. The van der Waals surface area contributed by atoms with Crippen molar-refractivity contribution in [2.45, 2.75) is 6.92 Å². The average molecular weight is 291 g/mol. The van der Waals surface area contributed by atoms with Crippen molar-refractivity contribution in [2.75, 3.05) is 32.8 Å². The summed E-state index contributed by atoms with van der Waals surface area (Å²) >= 11 is 0. The van der Waals surface area contributed by atoms with Crippen molar-refractivity contribution >= 4 is 18.3 Å². The number of piperazine rings is 1. The predicted molar refractivity (Wildman–Crippen MR) is 73.7 cm³/mol. The molecule has 0 radical (unpaired) electrons. The Kier molecular flexibility index (Phi) is 4.86. The van der Waals surface area contributed by atoms with Gasteiger partial charge in [-0.25, -0.2) is 9.78 Å². The SMILES string of the molecule is CCOC(=O)c1cccc(C(=O)N2CCN(C=O)CC2)n1. The topological polar surface area (TPSA) is 79.8 Å². The molecule has 1 saturated heterocycles. The minimum atomic E-state index is -0.544. The van der Waals surface area contributed by atoms with Crippen LogP contribution in [-0.4, -0.2) is 65.9 Å². The van der Waals surface area contributed by atoms with Crippen molar-refractivity contribution in [3.63, 3.8) is 0 Å². The number of aromatic nitrogens is 1. The van der Waals surface area contributed by atoms with Crippen LogP contribution in [0, 0.1) is 0 Å². The first-order valence-corrected chi connectivity index (χ1v) is 6.78. The van der Waals surface area contributed by atoms with E-state index >= 15 is 0 Å². The summed E-state index contributed by atoms with van der Waals surface area (Å²) in [4.78, 5) is 41.9. The molecule has 0 aromatic carbocycles. The first-order chi connectivity index (χ1) is 10.2. The third kappa shape index (κ3) is 3.56. The first-order valence-electron chi connectivity index (χ1n) is 6.78. The number of hydrogen-bond donors (Lipinski definition) is 0. The summed E-state index contributed by atoms with van der Waals surface area (Å²) in [6, 6.07) is 4.68. The highest BCUT2D eigenvalue weighted by Crippen LogP contribution is 2.08. The largest absolute Gasteiger partial charge is 0.461 e. The van der Waals surface area contributed by atoms with E-state index in [1.807, 2.05) is 0 Å². The van der Waals surface area contributed by atoms with Gasteiger partial charge in [-0.2, -0.15) is 0 Å². The van der Waals surface area contributed by atoms with Gasteiger partial charge in [-0.1, -0.05) is 6.07 Å². The Labute approximate surface area is 122 Å². The van der Waals surface area contributed by atoms with E-state index in [9.17, 15) is 14.4 Å². The summed E-state index contributed by atoms with van der Waals surface area (Å²) in [7, 11) is 0. The first kappa shape index (κ1) is 15.0. The second kappa shape index (κ2) is 6.83. The van der Waals surface area contributed by atoms with E-state index in [1.54, 1.807) is 28.9 Å². The smallest absolute Gasteiger partial charge is 0.356 e. The quantitative estimate of drug-likeness (QED) is 0.583. The molecule has 1 aliphatic rings. The van der Waals surface area contributed by atoms with Crippen molar-refractivity contribution < 1.29 is 19.1 Å². The molecule has 1 fully saturated rings. The molecular weight excluding hydrogens is 274 g/mol. The van der Waals surface area contributed by atoms with E-state index in [1.165, 1.54) is 6.07 Å². The zero-order valence-corrected chi connectivity index (χ0v) is 11.8. The molecule has 0 bridgehead atoms. The fraction of sp³-hybridized carbons (Fsp3) is 0.429. The van der Waals surface area contributed by atoms with Crippen LogP contribution in [0.3, 0.4) is 0 Å². The number of esters is 1. The Hall–Kier alpha value is -2.44. The molecule has 2 rings (SSSR count). The van der Waals surface area contributed by atoms with E-state index in [4.69, 9.17) is 4.74 Å². The lowest BCUT2D eigenvalue weighted by Crippen LogP contribution is -2.48. The maximum Gasteiger partial charge on any atom is 0.356 e. The fourth-order valence-corrected chi connectivity index (χ4v) is 2.06. The van der Waals surface area contributed by atoms with Crippen LogP contribution >= 0.6 is 0 Å². The Morgan fingerprint density at radius 2 is 1.90 bits per heavy atom. The van der Waals surface area contributed by atoms with Crippen LogP contribution in [0.15, 0.2) is 18.2 Å². The van der Waals surface area contributed by atoms with E-state index in [-0.39, 0.29) is 23.9 Å². The van der Waals surface area contributed by atoms with Crippen LogP contribution in [0.5, 0.6) is 0 Å². The summed E-state index contributed by atoms with van der Waals surface area (Å²) < 4.78 is 4.86. The molecule has 0 spiro atoms. The van der Waals surface area contributed by atoms with Gasteiger partial charge >= 0.3 is 5.97 Å². The van der Waals surface area contributed by atoms with E-state index in [0.29, 0.717) is 26.2 Å². The normalized spacial score (nSPS) is 14.7. The molecule has 21 heavy (non-hydrogen) atoms. The molecule has 112 valence electrons. The molecule has 0 atom stereocenters. The van der Waals surface area contributed by atoms with Gasteiger partial charge in [0.15, 0.2) is 0 Å². The Balaban J connectivity index is 2.07. The van der Waals surface area contributed by atoms with E-state index in [0.717, 1.165) is 6.41 Å². The van der Waals surface area contributed by atoms with Crippen LogP contribution in [0.2, 0.25) is 0 Å². The monoisotopic (exact) mass is 291 g/mol. The molecule has 1 aromatic heterocycles. The van der Waals surface area contributed by atoms with Crippen LogP contribution in [0.4, 0.5) is 0 Å². The maximum atomic E-state index is 12.3. The summed E-state index contributed by atoms with van der Waals surface area (Å²) in [6.45, 7) is 3.90. The molecular formula is C14H17N3O4. The molecule has 0 N–H and O–H groups in total. The van der Waals surface area contributed by atoms with Gasteiger partial charge in [-0.05, 0) is 19.1 Å². The van der Waals surface area contributed by atoms with Crippen molar-refractivity contribution in [3.05, 3.63) is 29.6 Å². The summed E-state index contributed by atoms with van der Waals surface area (Å²) in [5, 5.41) is 0. The molecule has 7 nitrogen and oxygen atoms in total. The number of nitrogens with zero attached hydrogens (tertiary/aromatic N) is 3. The average Bonchev–Trinajstić information content (AvgIpc) is 2.54. The minimum absolute atomic E-state index is 0.120. The highest BCUT2D eigenvalue weighted by Gasteiger charge is 2.23. The third-order valence-corrected chi connectivity index (χ3v) is 3.20. The van der Waals surface area contributed by atoms with Gasteiger partial charge in [0.05, 0.1) is 6.61 Å². The lowest BCUT2D eigenvalue weighted by atomic mass is 10.2. The standard InChI is InChI=1S/C14H17N3O4/c1-2-21-14(20)12-5-3-4-11(15-12)13(19)17-8-6-16(10-18)7-9-17/h3-5,10H,2,6-9H2,1H3. The fourth-order valence-electron chi connectivity index (χ4n) is 2.06. The minimum Gasteiger partial charge on any atom is -0.461 e. The lowest BCUT2D eigenvalue weighted by Gasteiger charge is -2.32. The molecule has 0 aliphatic carbocycles. The summed E-state index contributed by atoms with van der Waals surface area (Å²) in [5.41, 5.74) is 0.328. The number of carbonyl (C=O) groups is 3. The van der Waals surface area contributed by atoms with Crippen molar-refractivity contribution in [1.82, 2.24) is 14.8 Å². The number of hydrogen-bond acceptors (Lipinski definition) is 5. The molecule has 2 amide bonds. The van der Waals surface area contributed by atoms with Gasteiger partial charge < -0.3 is 14.5 Å². The molecule has 0 unspecified atom stereocenters. The Morgan fingerprint density at radius 1 is 1.24 bits per heavy atom. The van der Waals surface area contributed by atoms with Crippen molar-refractivity contribution in [3.8, 4) is 0 Å². The Morgan fingerprint density at radius 3 is 2.52 bits per heavy atom. The lowest BCUT2D eigenvalue weighted by molar-refractivity contribution is -0.119. The molecule has 2 heterocycles. The Bertz CT molecular complexity index is 539. The van der Waals surface area contributed by atoms with Crippen LogP contribution in [0.25, 0.3) is 0 Å². The van der Waals surface area contributed by atoms with Crippen LogP contribution in [0.1, 0.15) is 27.9 Å². The molecule has 1 aliphatic heterocycles. The van der Waals surface area contributed by atoms with Crippen molar-refractivity contribution in [2.24, 2.45) is 0 Å². The van der Waals surface area contributed by atoms with Gasteiger partial charge in [0.25, 0.3) is 5.91 Å². The predicted octanol–water partition coefficient (Wildman–Crippen LogP) is 0.172. The zero-order valence-electron chi connectivity index (χ0n) is 11.8. The van der Waals surface area contributed by atoms with E-state index < -0.39 is 5.97 Å². The molecule has 7 heteroatoms. The number of rotatable bonds is 4. The second-order valence-corrected chi connectivity index (χ2v) is 4.56. The molecule has 0 saturated carbocycles. The number of ether oxygens (including phenoxy) is 1.